The highest BCUT2D eigenvalue weighted by Gasteiger charge is 2.68. The fraction of sp³-hybridized carbons (Fsp3) is 0.708. The molecule has 3 fully saturated rings. The van der Waals surface area contributed by atoms with Gasteiger partial charge in [0.05, 0.1) is 3.39 Å². The summed E-state index contributed by atoms with van der Waals surface area (Å²) in [5.74, 6) is 1.000. The second-order valence-electron chi connectivity index (χ2n) is 10.2. The number of ketones is 2. The van der Waals surface area contributed by atoms with E-state index in [1.807, 2.05) is 6.08 Å². The Morgan fingerprint density at radius 3 is 2.33 bits per heavy atom. The fourth-order valence-electron chi connectivity index (χ4n) is 7.68. The van der Waals surface area contributed by atoms with Crippen molar-refractivity contribution in [1.29, 1.82) is 0 Å². The molecule has 0 saturated heterocycles. The van der Waals surface area contributed by atoms with Crippen molar-refractivity contribution in [2.24, 2.45) is 28.6 Å². The molecule has 4 aliphatic carbocycles. The van der Waals surface area contributed by atoms with Crippen molar-refractivity contribution in [3.05, 3.63) is 20.6 Å². The van der Waals surface area contributed by atoms with Crippen LogP contribution in [0.4, 0.5) is 0 Å². The van der Waals surface area contributed by atoms with Gasteiger partial charge in [0, 0.05) is 18.8 Å². The van der Waals surface area contributed by atoms with Gasteiger partial charge in [-0.2, -0.15) is 0 Å². The number of ether oxygens (including phenoxy) is 1. The molecule has 30 heavy (non-hydrogen) atoms. The third-order valence-electron chi connectivity index (χ3n) is 9.07. The zero-order chi connectivity index (χ0) is 22.1. The summed E-state index contributed by atoms with van der Waals surface area (Å²) in [5, 5.41) is 0. The summed E-state index contributed by atoms with van der Waals surface area (Å²) in [6, 6.07) is 0. The topological polar surface area (TPSA) is 60.4 Å². The Kier molecular flexibility index (Phi) is 5.53. The highest BCUT2D eigenvalue weighted by Crippen LogP contribution is 2.69. The number of allylic oxidation sites excluding steroid dienone is 2. The van der Waals surface area contributed by atoms with E-state index < -0.39 is 5.60 Å². The number of rotatable bonds is 2. The van der Waals surface area contributed by atoms with Crippen LogP contribution in [0.3, 0.4) is 0 Å². The van der Waals surface area contributed by atoms with Gasteiger partial charge in [-0.25, -0.2) is 0 Å². The van der Waals surface area contributed by atoms with E-state index in [2.05, 4.69) is 45.7 Å². The highest BCUT2D eigenvalue weighted by atomic mass is 79.9. The van der Waals surface area contributed by atoms with Crippen molar-refractivity contribution in [2.45, 2.75) is 78.2 Å². The van der Waals surface area contributed by atoms with E-state index in [0.717, 1.165) is 35.5 Å². The van der Waals surface area contributed by atoms with E-state index in [-0.39, 0.29) is 28.4 Å². The van der Waals surface area contributed by atoms with E-state index in [4.69, 9.17) is 4.74 Å². The zero-order valence-electron chi connectivity index (χ0n) is 18.1. The molecule has 0 bridgehead atoms. The van der Waals surface area contributed by atoms with Gasteiger partial charge in [0.1, 0.15) is 0 Å². The quantitative estimate of drug-likeness (QED) is 0.401. The number of carbonyl (C=O) groups excluding carboxylic acids is 3. The second-order valence-corrected chi connectivity index (χ2v) is 12.9. The highest BCUT2D eigenvalue weighted by molar-refractivity contribution is 9.28. The lowest BCUT2D eigenvalue weighted by Gasteiger charge is -2.59. The van der Waals surface area contributed by atoms with Crippen LogP contribution in [-0.2, 0) is 19.1 Å². The predicted molar refractivity (Wildman–Crippen MR) is 122 cm³/mol. The Balaban J connectivity index is 1.80. The molecular formula is C24H30Br2O4. The van der Waals surface area contributed by atoms with Gasteiger partial charge < -0.3 is 4.74 Å². The first kappa shape index (κ1) is 22.4. The minimum Gasteiger partial charge on any atom is -0.451 e. The summed E-state index contributed by atoms with van der Waals surface area (Å²) in [4.78, 5) is 37.1. The van der Waals surface area contributed by atoms with Crippen LogP contribution in [0.5, 0.6) is 0 Å². The molecule has 6 atom stereocenters. The van der Waals surface area contributed by atoms with Crippen molar-refractivity contribution in [1.82, 2.24) is 0 Å². The fourth-order valence-corrected chi connectivity index (χ4v) is 8.43. The van der Waals surface area contributed by atoms with Crippen LogP contribution in [0.15, 0.2) is 20.6 Å². The van der Waals surface area contributed by atoms with Crippen LogP contribution < -0.4 is 0 Å². The Labute approximate surface area is 195 Å². The molecule has 0 aromatic heterocycles. The van der Waals surface area contributed by atoms with Gasteiger partial charge in [-0.15, -0.1) is 0 Å². The first-order chi connectivity index (χ1) is 14.0. The maximum absolute atomic E-state index is 12.9. The van der Waals surface area contributed by atoms with Crippen LogP contribution in [0, 0.1) is 28.6 Å². The molecule has 0 aromatic rings. The first-order valence-corrected chi connectivity index (χ1v) is 12.5. The Bertz CT molecular complexity index is 886. The Hall–Kier alpha value is -0.750. The molecule has 0 amide bonds. The van der Waals surface area contributed by atoms with E-state index in [9.17, 15) is 14.4 Å². The van der Waals surface area contributed by atoms with Gasteiger partial charge in [-0.05, 0) is 118 Å². The molecule has 4 aliphatic rings. The van der Waals surface area contributed by atoms with Gasteiger partial charge in [0.25, 0.3) is 0 Å². The zero-order valence-corrected chi connectivity index (χ0v) is 21.3. The molecule has 0 aliphatic heterocycles. The summed E-state index contributed by atoms with van der Waals surface area (Å²) < 4.78 is 6.78. The molecular weight excluding hydrogens is 512 g/mol. The SMILES string of the molecule is CC(=O)O[C@@]1(C(C)=O)CC[C@H]2[C@@H]3CC(=C(Br)Br)C4=CC(=O)CC[C@]4(C)[C@H]3CC[C@@]21C. The summed E-state index contributed by atoms with van der Waals surface area (Å²) >= 11 is 7.29. The van der Waals surface area contributed by atoms with Gasteiger partial charge in [0.2, 0.25) is 0 Å². The van der Waals surface area contributed by atoms with Crippen LogP contribution >= 0.6 is 31.9 Å². The molecule has 0 aromatic carbocycles. The average Bonchev–Trinajstić information content (AvgIpc) is 2.95. The summed E-state index contributed by atoms with van der Waals surface area (Å²) in [7, 11) is 0. The number of esters is 1. The number of hydrogen-bond acceptors (Lipinski definition) is 4. The summed E-state index contributed by atoms with van der Waals surface area (Å²) in [6.45, 7) is 7.50. The van der Waals surface area contributed by atoms with E-state index in [1.54, 1.807) is 6.92 Å². The summed E-state index contributed by atoms with van der Waals surface area (Å²) in [6.07, 6.45) is 7.59. The van der Waals surface area contributed by atoms with Crippen LogP contribution in [0.1, 0.15) is 72.6 Å². The predicted octanol–water partition coefficient (Wildman–Crippen LogP) is 6.02. The second kappa shape index (κ2) is 7.40. The standard InChI is InChI=1S/C24H30Br2O4/c1-13(27)24(30-14(2)28)10-7-19-16-12-17(21(25)26)20-11-15(29)5-8-22(20,3)18(16)6-9-23(19,24)4/h11,16,18-19H,5-10,12H2,1-4H3/t16-,18+,19+,22-,23+,24-/m1/s1. The van der Waals surface area contributed by atoms with E-state index in [0.29, 0.717) is 30.6 Å². The number of fused-ring (bicyclic) bond motifs is 5. The van der Waals surface area contributed by atoms with Crippen LogP contribution in [0.2, 0.25) is 0 Å². The van der Waals surface area contributed by atoms with Gasteiger partial charge in [-0.1, -0.05) is 13.8 Å². The van der Waals surface area contributed by atoms with Crippen molar-refractivity contribution in [3.63, 3.8) is 0 Å². The lowest BCUT2D eigenvalue weighted by molar-refractivity contribution is -0.186. The minimum atomic E-state index is -1.01. The Morgan fingerprint density at radius 1 is 1.07 bits per heavy atom. The monoisotopic (exact) mass is 540 g/mol. The molecule has 4 rings (SSSR count). The first-order valence-electron chi connectivity index (χ1n) is 11.0. The molecule has 0 spiro atoms. The minimum absolute atomic E-state index is 0.0237. The average molecular weight is 542 g/mol. The normalized spacial score (nSPS) is 42.6. The maximum Gasteiger partial charge on any atom is 0.303 e. The summed E-state index contributed by atoms with van der Waals surface area (Å²) in [5.41, 5.74) is 0.969. The van der Waals surface area contributed by atoms with Crippen LogP contribution in [-0.4, -0.2) is 23.1 Å². The van der Waals surface area contributed by atoms with Gasteiger partial charge in [0.15, 0.2) is 17.2 Å². The largest absolute Gasteiger partial charge is 0.451 e. The van der Waals surface area contributed by atoms with Gasteiger partial charge in [-0.3, -0.25) is 14.4 Å². The number of hydrogen-bond donors (Lipinski definition) is 0. The van der Waals surface area contributed by atoms with Gasteiger partial charge >= 0.3 is 5.97 Å². The third kappa shape index (κ3) is 2.99. The number of carbonyl (C=O) groups is 3. The third-order valence-corrected chi connectivity index (χ3v) is 10.0. The number of Topliss-reactive ketones (excluding diaryl/α,β-unsaturated/α-hetero) is 1. The van der Waals surface area contributed by atoms with Crippen molar-refractivity contribution in [3.8, 4) is 0 Å². The van der Waals surface area contributed by atoms with Crippen molar-refractivity contribution in [2.75, 3.05) is 0 Å². The maximum atomic E-state index is 12.9. The van der Waals surface area contributed by atoms with Crippen molar-refractivity contribution < 1.29 is 19.1 Å². The van der Waals surface area contributed by atoms with E-state index in [1.165, 1.54) is 18.1 Å². The van der Waals surface area contributed by atoms with Crippen LogP contribution in [0.25, 0.3) is 0 Å². The number of halogens is 2. The molecule has 6 heteroatoms. The Morgan fingerprint density at radius 2 is 1.73 bits per heavy atom. The molecule has 3 saturated carbocycles. The molecule has 0 N–H and O–H groups in total. The molecule has 0 heterocycles. The molecule has 4 nitrogen and oxygen atoms in total. The lowest BCUT2D eigenvalue weighted by Crippen LogP contribution is -2.58. The molecule has 0 radical (unpaired) electrons. The molecule has 0 unspecified atom stereocenters. The van der Waals surface area contributed by atoms with Crippen molar-refractivity contribution >= 4 is 49.4 Å². The smallest absolute Gasteiger partial charge is 0.303 e. The lowest BCUT2D eigenvalue weighted by atomic mass is 9.45. The van der Waals surface area contributed by atoms with E-state index >= 15 is 0 Å². The molecule has 164 valence electrons.